The van der Waals surface area contributed by atoms with Gasteiger partial charge in [0.05, 0.1) is 6.54 Å². The van der Waals surface area contributed by atoms with Gasteiger partial charge in [0.1, 0.15) is 0 Å². The molecular weight excluding hydrogens is 356 g/mol. The third-order valence-electron chi connectivity index (χ3n) is 4.44. The fourth-order valence-corrected chi connectivity index (χ4v) is 3.09. The second kappa shape index (κ2) is 9.03. The van der Waals surface area contributed by atoms with Gasteiger partial charge in [-0.15, -0.1) is 0 Å². The van der Waals surface area contributed by atoms with E-state index in [-0.39, 0.29) is 24.3 Å². The number of likely N-dealkylation sites (tertiary alicyclic amines) is 1. The molecule has 1 saturated heterocycles. The van der Waals surface area contributed by atoms with Crippen LogP contribution in [0.15, 0.2) is 48.5 Å². The SMILES string of the molecule is CC(=O)Nc1ccc(NCC(=O)Nc2cccc(C(=O)N3CCCC3)c2)cc1. The molecule has 1 aliphatic rings. The summed E-state index contributed by atoms with van der Waals surface area (Å²) >= 11 is 0. The van der Waals surface area contributed by atoms with Crippen molar-refractivity contribution in [2.45, 2.75) is 19.8 Å². The Balaban J connectivity index is 1.52. The van der Waals surface area contributed by atoms with Crippen LogP contribution in [0, 0.1) is 0 Å². The number of rotatable bonds is 6. The first-order valence-electron chi connectivity index (χ1n) is 9.32. The van der Waals surface area contributed by atoms with E-state index in [1.165, 1.54) is 6.92 Å². The van der Waals surface area contributed by atoms with Crippen LogP contribution in [-0.2, 0) is 9.59 Å². The number of nitrogens with one attached hydrogen (secondary N) is 3. The standard InChI is InChI=1S/C21H24N4O3/c1-15(26)23-18-9-7-17(8-10-18)22-14-20(27)24-19-6-4-5-16(13-19)21(28)25-11-2-3-12-25/h4-10,13,22H,2-3,11-12,14H2,1H3,(H,23,26)(H,24,27). The highest BCUT2D eigenvalue weighted by molar-refractivity contribution is 5.98. The number of amides is 3. The predicted molar refractivity (Wildman–Crippen MR) is 109 cm³/mol. The molecule has 0 atom stereocenters. The third-order valence-corrected chi connectivity index (χ3v) is 4.44. The first-order chi connectivity index (χ1) is 13.5. The van der Waals surface area contributed by atoms with Gasteiger partial charge in [0, 0.05) is 42.6 Å². The number of hydrogen-bond acceptors (Lipinski definition) is 4. The molecule has 0 unspecified atom stereocenters. The lowest BCUT2D eigenvalue weighted by atomic mass is 10.1. The second-order valence-corrected chi connectivity index (χ2v) is 6.74. The average Bonchev–Trinajstić information content (AvgIpc) is 3.21. The largest absolute Gasteiger partial charge is 0.376 e. The topological polar surface area (TPSA) is 90.5 Å². The first-order valence-corrected chi connectivity index (χ1v) is 9.32. The van der Waals surface area contributed by atoms with Gasteiger partial charge in [-0.2, -0.15) is 0 Å². The molecule has 0 saturated carbocycles. The summed E-state index contributed by atoms with van der Waals surface area (Å²) in [5, 5.41) is 8.52. The molecule has 3 amide bonds. The summed E-state index contributed by atoms with van der Waals surface area (Å²) in [4.78, 5) is 37.5. The van der Waals surface area contributed by atoms with Crippen molar-refractivity contribution in [1.82, 2.24) is 4.90 Å². The zero-order chi connectivity index (χ0) is 19.9. The van der Waals surface area contributed by atoms with E-state index in [2.05, 4.69) is 16.0 Å². The Bertz CT molecular complexity index is 858. The Morgan fingerprint density at radius 3 is 2.25 bits per heavy atom. The fourth-order valence-electron chi connectivity index (χ4n) is 3.09. The van der Waals surface area contributed by atoms with E-state index in [4.69, 9.17) is 0 Å². The van der Waals surface area contributed by atoms with E-state index in [1.54, 1.807) is 48.5 Å². The lowest BCUT2D eigenvalue weighted by molar-refractivity contribution is -0.115. The summed E-state index contributed by atoms with van der Waals surface area (Å²) in [5.74, 6) is -0.340. The second-order valence-electron chi connectivity index (χ2n) is 6.74. The van der Waals surface area contributed by atoms with Gasteiger partial charge in [-0.3, -0.25) is 14.4 Å². The van der Waals surface area contributed by atoms with Crippen molar-refractivity contribution in [3.8, 4) is 0 Å². The quantitative estimate of drug-likeness (QED) is 0.719. The zero-order valence-corrected chi connectivity index (χ0v) is 15.8. The van der Waals surface area contributed by atoms with Gasteiger partial charge >= 0.3 is 0 Å². The molecule has 2 aromatic carbocycles. The number of carbonyl (C=O) groups is 3. The smallest absolute Gasteiger partial charge is 0.253 e. The zero-order valence-electron chi connectivity index (χ0n) is 15.8. The summed E-state index contributed by atoms with van der Waals surface area (Å²) in [6, 6.07) is 14.1. The summed E-state index contributed by atoms with van der Waals surface area (Å²) in [5.41, 5.74) is 2.64. The predicted octanol–water partition coefficient (Wildman–Crippen LogP) is 2.93. The number of anilines is 3. The molecule has 3 rings (SSSR count). The van der Waals surface area contributed by atoms with Crippen LogP contribution in [-0.4, -0.2) is 42.3 Å². The van der Waals surface area contributed by atoms with Gasteiger partial charge in [0.25, 0.3) is 5.91 Å². The molecular formula is C21H24N4O3. The van der Waals surface area contributed by atoms with Crippen molar-refractivity contribution in [2.75, 3.05) is 35.6 Å². The summed E-state index contributed by atoms with van der Waals surface area (Å²) in [7, 11) is 0. The van der Waals surface area contributed by atoms with Gasteiger partial charge in [0.15, 0.2) is 0 Å². The minimum Gasteiger partial charge on any atom is -0.376 e. The van der Waals surface area contributed by atoms with Crippen molar-refractivity contribution in [2.24, 2.45) is 0 Å². The van der Waals surface area contributed by atoms with Crippen LogP contribution in [0.3, 0.4) is 0 Å². The fraction of sp³-hybridized carbons (Fsp3) is 0.286. The molecule has 7 heteroatoms. The van der Waals surface area contributed by atoms with E-state index in [0.29, 0.717) is 16.9 Å². The van der Waals surface area contributed by atoms with Gasteiger partial charge in [-0.05, 0) is 55.3 Å². The van der Waals surface area contributed by atoms with Crippen LogP contribution in [0.4, 0.5) is 17.1 Å². The van der Waals surface area contributed by atoms with E-state index < -0.39 is 0 Å². The van der Waals surface area contributed by atoms with Crippen LogP contribution in [0.25, 0.3) is 0 Å². The highest BCUT2D eigenvalue weighted by Crippen LogP contribution is 2.17. The van der Waals surface area contributed by atoms with Crippen LogP contribution in [0.5, 0.6) is 0 Å². The van der Waals surface area contributed by atoms with E-state index in [0.717, 1.165) is 31.6 Å². The molecule has 1 fully saturated rings. The monoisotopic (exact) mass is 380 g/mol. The number of benzene rings is 2. The molecule has 146 valence electrons. The van der Waals surface area contributed by atoms with E-state index in [9.17, 15) is 14.4 Å². The van der Waals surface area contributed by atoms with Crippen molar-refractivity contribution >= 4 is 34.8 Å². The maximum absolute atomic E-state index is 12.5. The third kappa shape index (κ3) is 5.33. The van der Waals surface area contributed by atoms with Crippen molar-refractivity contribution in [1.29, 1.82) is 0 Å². The lowest BCUT2D eigenvalue weighted by Crippen LogP contribution is -2.27. The Morgan fingerprint density at radius 2 is 1.57 bits per heavy atom. The number of nitrogens with zero attached hydrogens (tertiary/aromatic N) is 1. The van der Waals surface area contributed by atoms with E-state index >= 15 is 0 Å². The molecule has 0 aliphatic carbocycles. The maximum atomic E-state index is 12.5. The molecule has 2 aromatic rings. The Labute approximate surface area is 164 Å². The Hall–Kier alpha value is -3.35. The summed E-state index contributed by atoms with van der Waals surface area (Å²) in [6.07, 6.45) is 2.08. The minimum absolute atomic E-state index is 0.00554. The number of carbonyl (C=O) groups excluding carboxylic acids is 3. The maximum Gasteiger partial charge on any atom is 0.253 e. The highest BCUT2D eigenvalue weighted by atomic mass is 16.2. The highest BCUT2D eigenvalue weighted by Gasteiger charge is 2.19. The molecule has 1 aliphatic heterocycles. The lowest BCUT2D eigenvalue weighted by Gasteiger charge is -2.16. The molecule has 0 bridgehead atoms. The van der Waals surface area contributed by atoms with Gasteiger partial charge in [-0.25, -0.2) is 0 Å². The van der Waals surface area contributed by atoms with E-state index in [1.807, 2.05) is 4.90 Å². The molecule has 0 aromatic heterocycles. The van der Waals surface area contributed by atoms with Gasteiger partial charge in [0.2, 0.25) is 11.8 Å². The summed E-state index contributed by atoms with van der Waals surface area (Å²) < 4.78 is 0. The minimum atomic E-state index is -0.211. The molecule has 3 N–H and O–H groups in total. The first kappa shape index (κ1) is 19.4. The van der Waals surface area contributed by atoms with Gasteiger partial charge < -0.3 is 20.9 Å². The average molecular weight is 380 g/mol. The van der Waals surface area contributed by atoms with Gasteiger partial charge in [-0.1, -0.05) is 6.07 Å². The van der Waals surface area contributed by atoms with Crippen molar-refractivity contribution in [3.63, 3.8) is 0 Å². The van der Waals surface area contributed by atoms with Crippen LogP contribution < -0.4 is 16.0 Å². The molecule has 28 heavy (non-hydrogen) atoms. The molecule has 0 radical (unpaired) electrons. The number of hydrogen-bond donors (Lipinski definition) is 3. The Morgan fingerprint density at radius 1 is 0.893 bits per heavy atom. The molecule has 7 nitrogen and oxygen atoms in total. The van der Waals surface area contributed by atoms with Crippen LogP contribution >= 0.6 is 0 Å². The van der Waals surface area contributed by atoms with Crippen molar-refractivity contribution in [3.05, 3.63) is 54.1 Å². The Kier molecular flexibility index (Phi) is 6.26. The normalized spacial score (nSPS) is 13.1. The molecule has 1 heterocycles. The molecule has 0 spiro atoms. The van der Waals surface area contributed by atoms with Crippen LogP contribution in [0.2, 0.25) is 0 Å². The van der Waals surface area contributed by atoms with Crippen LogP contribution in [0.1, 0.15) is 30.1 Å². The van der Waals surface area contributed by atoms with Crippen molar-refractivity contribution < 1.29 is 14.4 Å². The summed E-state index contributed by atoms with van der Waals surface area (Å²) in [6.45, 7) is 3.12.